The van der Waals surface area contributed by atoms with Crippen LogP contribution in [0.3, 0.4) is 0 Å². The summed E-state index contributed by atoms with van der Waals surface area (Å²) >= 11 is 3.67. The lowest BCUT2D eigenvalue weighted by Gasteiger charge is -2.34. The molecule has 0 aromatic heterocycles. The Bertz CT molecular complexity index is 441. The molecule has 1 heterocycles. The number of likely N-dealkylation sites (tertiary alicyclic amines) is 1. The highest BCUT2D eigenvalue weighted by atomic mass is 79.9. The van der Waals surface area contributed by atoms with Gasteiger partial charge in [-0.2, -0.15) is 0 Å². The van der Waals surface area contributed by atoms with Crippen molar-refractivity contribution < 1.29 is 4.79 Å². The molecule has 2 rings (SSSR count). The molecule has 1 aliphatic heterocycles. The maximum atomic E-state index is 12.4. The fourth-order valence-electron chi connectivity index (χ4n) is 2.49. The molecule has 19 heavy (non-hydrogen) atoms. The van der Waals surface area contributed by atoms with Crippen LogP contribution in [0.2, 0.25) is 0 Å². The number of halogens is 1. The zero-order valence-corrected chi connectivity index (χ0v) is 13.5. The molecule has 1 aromatic rings. The van der Waals surface area contributed by atoms with Crippen LogP contribution in [-0.4, -0.2) is 28.7 Å². The van der Waals surface area contributed by atoms with Crippen LogP contribution in [0.15, 0.2) is 24.3 Å². The zero-order chi connectivity index (χ0) is 14.0. The number of amides is 1. The Hall–Kier alpha value is -0.830. The third-order valence-electron chi connectivity index (χ3n) is 3.91. The second-order valence-electron chi connectivity index (χ2n) is 5.81. The van der Waals surface area contributed by atoms with Crippen molar-refractivity contribution in [3.8, 4) is 0 Å². The molecule has 1 aliphatic rings. The second kappa shape index (κ2) is 6.08. The van der Waals surface area contributed by atoms with Gasteiger partial charge in [-0.1, -0.05) is 48.8 Å². The minimum atomic E-state index is 0.168. The SMILES string of the molecule is CC(C)c1ccc(C(=O)N2CCC(Br)C(C)C2)cc1. The van der Waals surface area contributed by atoms with E-state index >= 15 is 0 Å². The quantitative estimate of drug-likeness (QED) is 0.752. The Morgan fingerprint density at radius 1 is 1.32 bits per heavy atom. The first-order valence-electron chi connectivity index (χ1n) is 7.02. The number of benzene rings is 1. The number of piperidine rings is 1. The molecule has 2 atom stereocenters. The van der Waals surface area contributed by atoms with Crippen LogP contribution in [0.4, 0.5) is 0 Å². The molecule has 0 radical (unpaired) electrons. The maximum absolute atomic E-state index is 12.4. The minimum absolute atomic E-state index is 0.168. The highest BCUT2D eigenvalue weighted by Gasteiger charge is 2.27. The third-order valence-corrected chi connectivity index (χ3v) is 5.27. The number of alkyl halides is 1. The molecule has 3 heteroatoms. The smallest absolute Gasteiger partial charge is 0.253 e. The monoisotopic (exact) mass is 323 g/mol. The van der Waals surface area contributed by atoms with Crippen molar-refractivity contribution in [2.24, 2.45) is 5.92 Å². The molecule has 1 saturated heterocycles. The first-order valence-corrected chi connectivity index (χ1v) is 7.94. The average Bonchev–Trinajstić information content (AvgIpc) is 2.41. The standard InChI is InChI=1S/C16H22BrNO/c1-11(2)13-4-6-14(7-5-13)16(19)18-9-8-15(17)12(3)10-18/h4-7,11-12,15H,8-10H2,1-3H3. The van der Waals surface area contributed by atoms with Gasteiger partial charge < -0.3 is 4.90 Å². The number of rotatable bonds is 2. The maximum Gasteiger partial charge on any atom is 0.253 e. The van der Waals surface area contributed by atoms with E-state index in [0.717, 1.165) is 25.1 Å². The van der Waals surface area contributed by atoms with Gasteiger partial charge in [0.15, 0.2) is 0 Å². The first-order chi connectivity index (χ1) is 8.99. The molecule has 1 amide bonds. The lowest BCUT2D eigenvalue weighted by atomic mass is 9.98. The van der Waals surface area contributed by atoms with Crippen LogP contribution in [0.25, 0.3) is 0 Å². The summed E-state index contributed by atoms with van der Waals surface area (Å²) in [6.07, 6.45) is 1.04. The molecule has 104 valence electrons. The minimum Gasteiger partial charge on any atom is -0.338 e. The summed E-state index contributed by atoms with van der Waals surface area (Å²) in [7, 11) is 0. The number of carbonyl (C=O) groups is 1. The molecule has 0 spiro atoms. The van der Waals surface area contributed by atoms with Crippen molar-refractivity contribution in [3.63, 3.8) is 0 Å². The van der Waals surface area contributed by atoms with Crippen molar-refractivity contribution in [1.29, 1.82) is 0 Å². The van der Waals surface area contributed by atoms with Crippen LogP contribution in [0.5, 0.6) is 0 Å². The van der Waals surface area contributed by atoms with Gasteiger partial charge >= 0.3 is 0 Å². The second-order valence-corrected chi connectivity index (χ2v) is 6.99. The van der Waals surface area contributed by atoms with Crippen molar-refractivity contribution in [1.82, 2.24) is 4.90 Å². The van der Waals surface area contributed by atoms with Crippen LogP contribution in [-0.2, 0) is 0 Å². The predicted molar refractivity (Wildman–Crippen MR) is 82.9 cm³/mol. The molecule has 2 nitrogen and oxygen atoms in total. The van der Waals surface area contributed by atoms with Gasteiger partial charge in [-0.3, -0.25) is 4.79 Å². The van der Waals surface area contributed by atoms with Crippen molar-refractivity contribution in [2.45, 2.75) is 37.9 Å². The van der Waals surface area contributed by atoms with E-state index in [9.17, 15) is 4.79 Å². The first kappa shape index (κ1) is 14.6. The molecule has 0 N–H and O–H groups in total. The number of nitrogens with zero attached hydrogens (tertiary/aromatic N) is 1. The highest BCUT2D eigenvalue weighted by Crippen LogP contribution is 2.24. The van der Waals surface area contributed by atoms with Gasteiger partial charge in [0.25, 0.3) is 5.91 Å². The number of carbonyl (C=O) groups excluding carboxylic acids is 1. The summed E-state index contributed by atoms with van der Waals surface area (Å²) in [6, 6.07) is 8.06. The highest BCUT2D eigenvalue weighted by molar-refractivity contribution is 9.09. The zero-order valence-electron chi connectivity index (χ0n) is 11.9. The molecular weight excluding hydrogens is 302 g/mol. The van der Waals surface area contributed by atoms with E-state index in [1.165, 1.54) is 5.56 Å². The molecule has 2 unspecified atom stereocenters. The number of hydrogen-bond acceptors (Lipinski definition) is 1. The summed E-state index contributed by atoms with van der Waals surface area (Å²) in [6.45, 7) is 8.23. The molecule has 1 aromatic carbocycles. The fraction of sp³-hybridized carbons (Fsp3) is 0.562. The van der Waals surface area contributed by atoms with Crippen molar-refractivity contribution in [3.05, 3.63) is 35.4 Å². The van der Waals surface area contributed by atoms with Gasteiger partial charge in [-0.05, 0) is 36.0 Å². The average molecular weight is 324 g/mol. The van der Waals surface area contributed by atoms with Gasteiger partial charge in [0, 0.05) is 23.5 Å². The predicted octanol–water partition coefficient (Wildman–Crippen LogP) is 4.06. The van der Waals surface area contributed by atoms with Crippen LogP contribution in [0, 0.1) is 5.92 Å². The summed E-state index contributed by atoms with van der Waals surface area (Å²) in [5.41, 5.74) is 2.09. The van der Waals surface area contributed by atoms with E-state index in [1.54, 1.807) is 0 Å². The summed E-state index contributed by atoms with van der Waals surface area (Å²) in [5, 5.41) is 0. The fourth-order valence-corrected chi connectivity index (χ4v) is 2.87. The van der Waals surface area contributed by atoms with Crippen LogP contribution >= 0.6 is 15.9 Å². The van der Waals surface area contributed by atoms with E-state index in [1.807, 2.05) is 17.0 Å². The van der Waals surface area contributed by atoms with E-state index in [-0.39, 0.29) is 5.91 Å². The summed E-state index contributed by atoms with van der Waals surface area (Å²) in [4.78, 5) is 15.0. The van der Waals surface area contributed by atoms with Crippen LogP contribution in [0.1, 0.15) is 49.0 Å². The van der Waals surface area contributed by atoms with Crippen molar-refractivity contribution in [2.75, 3.05) is 13.1 Å². The van der Waals surface area contributed by atoms with Gasteiger partial charge in [0.1, 0.15) is 0 Å². The van der Waals surface area contributed by atoms with E-state index in [2.05, 4.69) is 48.8 Å². The summed E-state index contributed by atoms with van der Waals surface area (Å²) < 4.78 is 0. The largest absolute Gasteiger partial charge is 0.338 e. The van der Waals surface area contributed by atoms with E-state index in [0.29, 0.717) is 16.7 Å². The third kappa shape index (κ3) is 3.38. The number of hydrogen-bond donors (Lipinski definition) is 0. The Labute approximate surface area is 124 Å². The van der Waals surface area contributed by atoms with Gasteiger partial charge in [-0.15, -0.1) is 0 Å². The van der Waals surface area contributed by atoms with E-state index < -0.39 is 0 Å². The Morgan fingerprint density at radius 2 is 1.95 bits per heavy atom. The van der Waals surface area contributed by atoms with Crippen molar-refractivity contribution >= 4 is 21.8 Å². The Kier molecular flexibility index (Phi) is 4.67. The Morgan fingerprint density at radius 3 is 2.47 bits per heavy atom. The van der Waals surface area contributed by atoms with Crippen LogP contribution < -0.4 is 0 Å². The molecule has 0 saturated carbocycles. The Balaban J connectivity index is 2.07. The normalized spacial score (nSPS) is 23.7. The topological polar surface area (TPSA) is 20.3 Å². The van der Waals surface area contributed by atoms with E-state index in [4.69, 9.17) is 0 Å². The summed E-state index contributed by atoms with van der Waals surface area (Å²) in [5.74, 6) is 1.20. The molecule has 0 bridgehead atoms. The molecule has 0 aliphatic carbocycles. The van der Waals surface area contributed by atoms with Gasteiger partial charge in [0.2, 0.25) is 0 Å². The molecular formula is C16H22BrNO. The van der Waals surface area contributed by atoms with Gasteiger partial charge in [-0.25, -0.2) is 0 Å². The molecule has 1 fully saturated rings. The lowest BCUT2D eigenvalue weighted by Crippen LogP contribution is -2.43. The van der Waals surface area contributed by atoms with Gasteiger partial charge in [0.05, 0.1) is 0 Å². The lowest BCUT2D eigenvalue weighted by molar-refractivity contribution is 0.0690.